The van der Waals surface area contributed by atoms with Gasteiger partial charge in [-0.25, -0.2) is 0 Å². The number of aromatic nitrogens is 2. The standard InChI is InChI=1S/C19H21N3O/c1-2-3-11-23-15-8-6-7-14(12-15)18-13-19(22-21-18)16-9-4-5-10-17(16)20/h4-10,12-13H,2-3,11,20H2,1H3,(H,21,22). The van der Waals surface area contributed by atoms with Crippen LogP contribution in [-0.2, 0) is 0 Å². The fourth-order valence-electron chi connectivity index (χ4n) is 2.43. The number of benzene rings is 2. The van der Waals surface area contributed by atoms with E-state index >= 15 is 0 Å². The number of aromatic amines is 1. The van der Waals surface area contributed by atoms with Crippen molar-refractivity contribution < 1.29 is 4.74 Å². The van der Waals surface area contributed by atoms with Gasteiger partial charge in [-0.3, -0.25) is 5.10 Å². The van der Waals surface area contributed by atoms with E-state index in [0.717, 1.165) is 53.4 Å². The van der Waals surface area contributed by atoms with E-state index in [1.165, 1.54) is 0 Å². The number of rotatable bonds is 6. The molecular weight excluding hydrogens is 286 g/mol. The molecule has 4 nitrogen and oxygen atoms in total. The summed E-state index contributed by atoms with van der Waals surface area (Å²) in [6.45, 7) is 2.90. The van der Waals surface area contributed by atoms with Crippen molar-refractivity contribution in [3.8, 4) is 28.3 Å². The summed E-state index contributed by atoms with van der Waals surface area (Å²) in [5, 5.41) is 7.47. The predicted molar refractivity (Wildman–Crippen MR) is 94.3 cm³/mol. The van der Waals surface area contributed by atoms with Gasteiger partial charge in [0.15, 0.2) is 0 Å². The van der Waals surface area contributed by atoms with Crippen LogP contribution in [0.25, 0.3) is 22.5 Å². The van der Waals surface area contributed by atoms with Crippen LogP contribution < -0.4 is 10.5 Å². The normalized spacial score (nSPS) is 10.7. The Morgan fingerprint density at radius 1 is 1.09 bits per heavy atom. The Hall–Kier alpha value is -2.75. The van der Waals surface area contributed by atoms with E-state index in [-0.39, 0.29) is 0 Å². The number of H-pyrrole nitrogens is 1. The third-order valence-electron chi connectivity index (χ3n) is 3.73. The minimum atomic E-state index is 0.736. The fraction of sp³-hybridized carbons (Fsp3) is 0.211. The van der Waals surface area contributed by atoms with Gasteiger partial charge in [-0.1, -0.05) is 43.7 Å². The van der Waals surface area contributed by atoms with Crippen molar-refractivity contribution in [3.05, 3.63) is 54.6 Å². The first-order valence-corrected chi connectivity index (χ1v) is 7.91. The Morgan fingerprint density at radius 3 is 2.78 bits per heavy atom. The molecule has 0 bridgehead atoms. The number of nitrogens with two attached hydrogens (primary N) is 1. The molecular formula is C19H21N3O. The number of hydrogen-bond acceptors (Lipinski definition) is 3. The highest BCUT2D eigenvalue weighted by atomic mass is 16.5. The molecule has 1 heterocycles. The van der Waals surface area contributed by atoms with Gasteiger partial charge < -0.3 is 10.5 Å². The summed E-state index contributed by atoms with van der Waals surface area (Å²) >= 11 is 0. The molecule has 0 aliphatic rings. The number of nitrogens with zero attached hydrogens (tertiary/aromatic N) is 1. The first kappa shape index (κ1) is 15.2. The summed E-state index contributed by atoms with van der Waals surface area (Å²) in [6, 6.07) is 17.8. The molecule has 1 aromatic heterocycles. The van der Waals surface area contributed by atoms with Crippen LogP contribution in [0.4, 0.5) is 5.69 Å². The van der Waals surface area contributed by atoms with Crippen LogP contribution in [0.15, 0.2) is 54.6 Å². The average molecular weight is 307 g/mol. The van der Waals surface area contributed by atoms with Crippen LogP contribution in [0.5, 0.6) is 5.75 Å². The molecule has 0 unspecified atom stereocenters. The van der Waals surface area contributed by atoms with Gasteiger partial charge >= 0.3 is 0 Å². The summed E-state index contributed by atoms with van der Waals surface area (Å²) in [4.78, 5) is 0. The van der Waals surface area contributed by atoms with Crippen LogP contribution >= 0.6 is 0 Å². The summed E-state index contributed by atoms with van der Waals surface area (Å²) in [5.74, 6) is 0.875. The minimum absolute atomic E-state index is 0.736. The van der Waals surface area contributed by atoms with Crippen molar-refractivity contribution in [1.29, 1.82) is 0 Å². The maximum absolute atomic E-state index is 6.02. The lowest BCUT2D eigenvalue weighted by molar-refractivity contribution is 0.309. The van der Waals surface area contributed by atoms with Gasteiger partial charge in [-0.15, -0.1) is 0 Å². The Morgan fingerprint density at radius 2 is 1.96 bits per heavy atom. The number of ether oxygens (including phenoxy) is 1. The van der Waals surface area contributed by atoms with Gasteiger partial charge in [0.05, 0.1) is 18.0 Å². The molecule has 0 saturated carbocycles. The molecule has 0 saturated heterocycles. The number of unbranched alkanes of at least 4 members (excludes halogenated alkanes) is 1. The second-order valence-electron chi connectivity index (χ2n) is 5.48. The first-order chi connectivity index (χ1) is 11.3. The van der Waals surface area contributed by atoms with E-state index in [9.17, 15) is 0 Å². The van der Waals surface area contributed by atoms with Crippen LogP contribution in [0.2, 0.25) is 0 Å². The van der Waals surface area contributed by atoms with E-state index in [1.54, 1.807) is 0 Å². The molecule has 3 aromatic rings. The molecule has 23 heavy (non-hydrogen) atoms. The van der Waals surface area contributed by atoms with Crippen molar-refractivity contribution in [2.45, 2.75) is 19.8 Å². The Bertz CT molecular complexity index is 780. The predicted octanol–water partition coefficient (Wildman–Crippen LogP) is 4.50. The van der Waals surface area contributed by atoms with E-state index < -0.39 is 0 Å². The summed E-state index contributed by atoms with van der Waals surface area (Å²) in [7, 11) is 0. The highest BCUT2D eigenvalue weighted by Crippen LogP contribution is 2.29. The van der Waals surface area contributed by atoms with E-state index in [2.05, 4.69) is 17.1 Å². The van der Waals surface area contributed by atoms with Gasteiger partial charge in [0.25, 0.3) is 0 Å². The Labute approximate surface area is 136 Å². The molecule has 3 N–H and O–H groups in total. The molecule has 0 aliphatic carbocycles. The van der Waals surface area contributed by atoms with E-state index in [0.29, 0.717) is 0 Å². The third-order valence-corrected chi connectivity index (χ3v) is 3.73. The third kappa shape index (κ3) is 3.54. The monoisotopic (exact) mass is 307 g/mol. The van der Waals surface area contributed by atoms with Gasteiger partial charge in [-0.05, 0) is 30.7 Å². The zero-order valence-electron chi connectivity index (χ0n) is 13.3. The Kier molecular flexibility index (Phi) is 4.62. The van der Waals surface area contributed by atoms with Crippen LogP contribution in [0.1, 0.15) is 19.8 Å². The molecule has 0 fully saturated rings. The van der Waals surface area contributed by atoms with Crippen molar-refractivity contribution >= 4 is 5.69 Å². The molecule has 4 heteroatoms. The summed E-state index contributed by atoms with van der Waals surface area (Å²) in [6.07, 6.45) is 2.19. The number of para-hydroxylation sites is 1. The quantitative estimate of drug-likeness (QED) is 0.520. The van der Waals surface area contributed by atoms with Crippen molar-refractivity contribution in [3.63, 3.8) is 0 Å². The van der Waals surface area contributed by atoms with Crippen molar-refractivity contribution in [1.82, 2.24) is 10.2 Å². The second kappa shape index (κ2) is 7.01. The SMILES string of the molecule is CCCCOc1cccc(-c2cc(-c3ccccc3N)[nH]n2)c1. The lowest BCUT2D eigenvalue weighted by atomic mass is 10.1. The number of nitrogen functional groups attached to an aromatic ring is 1. The highest BCUT2D eigenvalue weighted by molar-refractivity contribution is 5.76. The van der Waals surface area contributed by atoms with E-state index in [1.807, 2.05) is 54.6 Å². The lowest BCUT2D eigenvalue weighted by Crippen LogP contribution is -1.96. The molecule has 118 valence electrons. The van der Waals surface area contributed by atoms with Crippen LogP contribution in [0.3, 0.4) is 0 Å². The molecule has 0 atom stereocenters. The second-order valence-corrected chi connectivity index (χ2v) is 5.48. The van der Waals surface area contributed by atoms with Gasteiger partial charge in [0.1, 0.15) is 5.75 Å². The number of anilines is 1. The molecule has 0 aliphatic heterocycles. The van der Waals surface area contributed by atoms with Crippen LogP contribution in [0, 0.1) is 0 Å². The zero-order chi connectivity index (χ0) is 16.1. The topological polar surface area (TPSA) is 63.9 Å². The fourth-order valence-corrected chi connectivity index (χ4v) is 2.43. The first-order valence-electron chi connectivity index (χ1n) is 7.91. The molecule has 2 aromatic carbocycles. The maximum Gasteiger partial charge on any atom is 0.119 e. The average Bonchev–Trinajstić information content (AvgIpc) is 3.06. The largest absolute Gasteiger partial charge is 0.494 e. The molecule has 0 spiro atoms. The lowest BCUT2D eigenvalue weighted by Gasteiger charge is -2.06. The summed E-state index contributed by atoms with van der Waals surface area (Å²) < 4.78 is 5.76. The maximum atomic E-state index is 6.02. The highest BCUT2D eigenvalue weighted by Gasteiger charge is 2.08. The molecule has 3 rings (SSSR count). The summed E-state index contributed by atoms with van der Waals surface area (Å²) in [5.41, 5.74) is 10.5. The van der Waals surface area contributed by atoms with Crippen molar-refractivity contribution in [2.75, 3.05) is 12.3 Å². The van der Waals surface area contributed by atoms with Crippen molar-refractivity contribution in [2.24, 2.45) is 0 Å². The van der Waals surface area contributed by atoms with Gasteiger partial charge in [0.2, 0.25) is 0 Å². The number of nitrogens with one attached hydrogen (secondary N) is 1. The van der Waals surface area contributed by atoms with Gasteiger partial charge in [-0.2, -0.15) is 5.10 Å². The zero-order valence-corrected chi connectivity index (χ0v) is 13.3. The molecule has 0 amide bonds. The van der Waals surface area contributed by atoms with Crippen LogP contribution in [-0.4, -0.2) is 16.8 Å². The number of hydrogen-bond donors (Lipinski definition) is 2. The smallest absolute Gasteiger partial charge is 0.119 e. The molecule has 0 radical (unpaired) electrons. The van der Waals surface area contributed by atoms with Gasteiger partial charge in [0, 0.05) is 16.8 Å². The Balaban J connectivity index is 1.83. The van der Waals surface area contributed by atoms with E-state index in [4.69, 9.17) is 10.5 Å². The minimum Gasteiger partial charge on any atom is -0.494 e.